The lowest BCUT2D eigenvalue weighted by Crippen LogP contribution is -2.54. The molecule has 2 heterocycles. The second kappa shape index (κ2) is 6.10. The van der Waals surface area contributed by atoms with E-state index < -0.39 is 0 Å². The molecule has 2 saturated heterocycles. The zero-order valence-corrected chi connectivity index (χ0v) is 16.7. The molecule has 5 rings (SSSR count). The minimum atomic E-state index is -0.144. The standard InChI is InChI=1S/C21H33N3O3/c1-3-27-19(26)23-8-7-21(13-23)9-14(10-21)24-11-15-16(12-24)17(15)18(25)22-20(2)5-4-6-20/h14-17H,3-13H2,1-2H3,(H,22,25)/t14?,15-,16+,17?,21?. The van der Waals surface area contributed by atoms with Crippen LogP contribution in [-0.2, 0) is 9.53 Å². The third-order valence-corrected chi connectivity index (χ3v) is 8.23. The number of fused-ring (bicyclic) bond motifs is 1. The maximum Gasteiger partial charge on any atom is 0.409 e. The zero-order valence-electron chi connectivity index (χ0n) is 16.7. The van der Waals surface area contributed by atoms with Crippen molar-refractivity contribution in [2.24, 2.45) is 23.2 Å². The van der Waals surface area contributed by atoms with E-state index >= 15 is 0 Å². The molecule has 3 saturated carbocycles. The molecule has 27 heavy (non-hydrogen) atoms. The summed E-state index contributed by atoms with van der Waals surface area (Å²) in [6.45, 7) is 8.42. The summed E-state index contributed by atoms with van der Waals surface area (Å²) in [6.07, 6.45) is 6.91. The Morgan fingerprint density at radius 1 is 1.15 bits per heavy atom. The minimum absolute atomic E-state index is 0.0846. The highest BCUT2D eigenvalue weighted by Gasteiger charge is 2.62. The number of amides is 2. The van der Waals surface area contributed by atoms with Crippen molar-refractivity contribution >= 4 is 12.0 Å². The number of carbonyl (C=O) groups excluding carboxylic acids is 2. The molecule has 6 nitrogen and oxygen atoms in total. The highest BCUT2D eigenvalue weighted by atomic mass is 16.6. The van der Waals surface area contributed by atoms with Gasteiger partial charge in [-0.2, -0.15) is 0 Å². The maximum absolute atomic E-state index is 12.6. The molecule has 0 aromatic carbocycles. The highest BCUT2D eigenvalue weighted by molar-refractivity contribution is 5.83. The van der Waals surface area contributed by atoms with Gasteiger partial charge in [-0.1, -0.05) is 0 Å². The van der Waals surface area contributed by atoms with Crippen LogP contribution in [0.3, 0.4) is 0 Å². The third-order valence-electron chi connectivity index (χ3n) is 8.23. The van der Waals surface area contributed by atoms with Crippen LogP contribution < -0.4 is 5.32 Å². The summed E-state index contributed by atoms with van der Waals surface area (Å²) in [5, 5.41) is 3.31. The van der Waals surface area contributed by atoms with E-state index in [1.165, 1.54) is 19.3 Å². The molecule has 0 bridgehead atoms. The van der Waals surface area contributed by atoms with E-state index in [2.05, 4.69) is 17.1 Å². The summed E-state index contributed by atoms with van der Waals surface area (Å²) in [5.74, 6) is 1.77. The van der Waals surface area contributed by atoms with Crippen LogP contribution in [0.2, 0.25) is 0 Å². The molecule has 0 radical (unpaired) electrons. The molecule has 0 aromatic rings. The normalized spacial score (nSPS) is 41.6. The Bertz CT molecular complexity index is 629. The monoisotopic (exact) mass is 375 g/mol. The second-order valence-corrected chi connectivity index (χ2v) is 10.1. The molecule has 3 aliphatic carbocycles. The first-order valence-corrected chi connectivity index (χ1v) is 10.9. The Balaban J connectivity index is 1.07. The molecule has 6 heteroatoms. The number of hydrogen-bond acceptors (Lipinski definition) is 4. The van der Waals surface area contributed by atoms with E-state index in [-0.39, 0.29) is 17.6 Å². The predicted octanol–water partition coefficient (Wildman–Crippen LogP) is 2.23. The van der Waals surface area contributed by atoms with Crippen molar-refractivity contribution in [2.45, 2.75) is 64.0 Å². The summed E-state index contributed by atoms with van der Waals surface area (Å²) >= 11 is 0. The number of hydrogen-bond donors (Lipinski definition) is 1. The molecule has 0 aromatic heterocycles. The van der Waals surface area contributed by atoms with Crippen molar-refractivity contribution in [1.82, 2.24) is 15.1 Å². The zero-order chi connectivity index (χ0) is 18.8. The van der Waals surface area contributed by atoms with E-state index in [4.69, 9.17) is 4.74 Å². The van der Waals surface area contributed by atoms with Gasteiger partial charge in [-0.15, -0.1) is 0 Å². The highest BCUT2D eigenvalue weighted by Crippen LogP contribution is 2.57. The van der Waals surface area contributed by atoms with Crippen LogP contribution in [0, 0.1) is 23.2 Å². The van der Waals surface area contributed by atoms with E-state index in [0.717, 1.165) is 45.4 Å². The molecule has 2 aliphatic heterocycles. The SMILES string of the molecule is CCOC(=O)N1CCC2(CC(N3C[C@@H]4C(C(=O)NC5(C)CCC5)[C@@H]4C3)C2)C1. The quantitative estimate of drug-likeness (QED) is 0.819. The molecular formula is C21H33N3O3. The summed E-state index contributed by atoms with van der Waals surface area (Å²) in [7, 11) is 0. The number of nitrogens with zero attached hydrogens (tertiary/aromatic N) is 2. The molecule has 5 aliphatic rings. The molecule has 5 fully saturated rings. The van der Waals surface area contributed by atoms with Crippen molar-refractivity contribution in [1.29, 1.82) is 0 Å². The number of piperidine rings is 1. The number of carbonyl (C=O) groups is 2. The van der Waals surface area contributed by atoms with Gasteiger partial charge in [-0.05, 0) is 69.6 Å². The number of likely N-dealkylation sites (tertiary alicyclic amines) is 2. The van der Waals surface area contributed by atoms with Gasteiger partial charge in [-0.25, -0.2) is 4.79 Å². The van der Waals surface area contributed by atoms with Crippen molar-refractivity contribution in [2.75, 3.05) is 32.8 Å². The van der Waals surface area contributed by atoms with Crippen LogP contribution in [0.5, 0.6) is 0 Å². The van der Waals surface area contributed by atoms with Crippen molar-refractivity contribution in [3.8, 4) is 0 Å². The van der Waals surface area contributed by atoms with Crippen LogP contribution in [0.4, 0.5) is 4.79 Å². The average molecular weight is 376 g/mol. The van der Waals surface area contributed by atoms with Gasteiger partial charge in [0.1, 0.15) is 0 Å². The van der Waals surface area contributed by atoms with Gasteiger partial charge in [0.05, 0.1) is 6.61 Å². The van der Waals surface area contributed by atoms with Gasteiger partial charge in [0, 0.05) is 43.7 Å². The summed E-state index contributed by atoms with van der Waals surface area (Å²) in [6, 6.07) is 0.660. The molecule has 2 amide bonds. The van der Waals surface area contributed by atoms with E-state index in [0.29, 0.717) is 35.8 Å². The van der Waals surface area contributed by atoms with Gasteiger partial charge in [0.15, 0.2) is 0 Å². The largest absolute Gasteiger partial charge is 0.450 e. The third kappa shape index (κ3) is 2.95. The van der Waals surface area contributed by atoms with E-state index in [9.17, 15) is 9.59 Å². The molecule has 150 valence electrons. The van der Waals surface area contributed by atoms with Gasteiger partial charge < -0.3 is 15.0 Å². The average Bonchev–Trinajstić information content (AvgIpc) is 2.96. The minimum Gasteiger partial charge on any atom is -0.450 e. The fourth-order valence-electron chi connectivity index (χ4n) is 6.30. The van der Waals surface area contributed by atoms with Crippen LogP contribution >= 0.6 is 0 Å². The van der Waals surface area contributed by atoms with Crippen molar-refractivity contribution in [3.05, 3.63) is 0 Å². The van der Waals surface area contributed by atoms with Gasteiger partial charge >= 0.3 is 6.09 Å². The number of nitrogens with one attached hydrogen (secondary N) is 1. The van der Waals surface area contributed by atoms with Gasteiger partial charge in [0.25, 0.3) is 0 Å². The smallest absolute Gasteiger partial charge is 0.409 e. The van der Waals surface area contributed by atoms with Crippen LogP contribution in [0.15, 0.2) is 0 Å². The van der Waals surface area contributed by atoms with E-state index in [1.807, 2.05) is 11.8 Å². The summed E-state index contributed by atoms with van der Waals surface area (Å²) in [4.78, 5) is 29.0. The molecule has 1 spiro atoms. The molecule has 3 atom stereocenters. The molecule has 1 N–H and O–H groups in total. The first kappa shape index (κ1) is 17.8. The first-order chi connectivity index (χ1) is 12.9. The first-order valence-electron chi connectivity index (χ1n) is 10.9. The lowest BCUT2D eigenvalue weighted by molar-refractivity contribution is -0.126. The van der Waals surface area contributed by atoms with Crippen LogP contribution in [0.1, 0.15) is 52.4 Å². The molecule has 1 unspecified atom stereocenters. The Kier molecular flexibility index (Phi) is 4.01. The topological polar surface area (TPSA) is 61.9 Å². The lowest BCUT2D eigenvalue weighted by Gasteiger charge is -2.49. The van der Waals surface area contributed by atoms with Crippen LogP contribution in [-0.4, -0.2) is 66.2 Å². The molecular weight excluding hydrogens is 342 g/mol. The van der Waals surface area contributed by atoms with Crippen molar-refractivity contribution < 1.29 is 14.3 Å². The fraction of sp³-hybridized carbons (Fsp3) is 0.905. The Morgan fingerprint density at radius 2 is 1.85 bits per heavy atom. The summed E-state index contributed by atoms with van der Waals surface area (Å²) in [5.41, 5.74) is 0.418. The predicted molar refractivity (Wildman–Crippen MR) is 101 cm³/mol. The van der Waals surface area contributed by atoms with Crippen LogP contribution in [0.25, 0.3) is 0 Å². The van der Waals surface area contributed by atoms with Gasteiger partial charge in [-0.3, -0.25) is 9.69 Å². The summed E-state index contributed by atoms with van der Waals surface area (Å²) < 4.78 is 5.15. The number of ether oxygens (including phenoxy) is 1. The fourth-order valence-corrected chi connectivity index (χ4v) is 6.30. The van der Waals surface area contributed by atoms with Gasteiger partial charge in [0.2, 0.25) is 5.91 Å². The van der Waals surface area contributed by atoms with Crippen molar-refractivity contribution in [3.63, 3.8) is 0 Å². The van der Waals surface area contributed by atoms with E-state index in [1.54, 1.807) is 0 Å². The Hall–Kier alpha value is -1.30. The Labute approximate surface area is 162 Å². The Morgan fingerprint density at radius 3 is 2.44 bits per heavy atom. The number of rotatable bonds is 4. The lowest BCUT2D eigenvalue weighted by atomic mass is 9.64. The second-order valence-electron chi connectivity index (χ2n) is 10.1. The maximum atomic E-state index is 12.6.